The molecule has 0 aromatic carbocycles. The van der Waals surface area contributed by atoms with Crippen molar-refractivity contribution in [3.63, 3.8) is 0 Å². The number of amides is 1. The second kappa shape index (κ2) is 5.30. The van der Waals surface area contributed by atoms with E-state index in [1.807, 2.05) is 6.92 Å². The third-order valence-corrected chi connectivity index (χ3v) is 7.95. The van der Waals surface area contributed by atoms with E-state index < -0.39 is 10.0 Å². The van der Waals surface area contributed by atoms with Crippen LogP contribution in [0.4, 0.5) is 0 Å². The van der Waals surface area contributed by atoms with Gasteiger partial charge in [0.2, 0.25) is 15.9 Å². The number of rotatable bonds is 3. The van der Waals surface area contributed by atoms with E-state index in [9.17, 15) is 13.2 Å². The first-order chi connectivity index (χ1) is 10.2. The van der Waals surface area contributed by atoms with Crippen LogP contribution in [0.15, 0.2) is 0 Å². The number of amidine groups is 1. The zero-order valence-electron chi connectivity index (χ0n) is 13.3. The standard InChI is InChI=1S/C15H25N3O3S/c1-15(8-13(16)17(2)14(19)9-15)11-4-3-7-18(10-11)22(20,21)12-5-6-12/h11-12,16H,3-10H2,1-2H3/t11?,15-/m0/s1. The second-order valence-corrected chi connectivity index (χ2v) is 9.56. The van der Waals surface area contributed by atoms with E-state index in [0.29, 0.717) is 31.8 Å². The first kappa shape index (κ1) is 15.9. The Morgan fingerprint density at radius 1 is 1.23 bits per heavy atom. The van der Waals surface area contributed by atoms with Crippen LogP contribution >= 0.6 is 0 Å². The van der Waals surface area contributed by atoms with Crippen molar-refractivity contribution in [1.29, 1.82) is 5.41 Å². The monoisotopic (exact) mass is 327 g/mol. The lowest BCUT2D eigenvalue weighted by Gasteiger charge is -2.46. The normalized spacial score (nSPS) is 35.0. The van der Waals surface area contributed by atoms with Crippen molar-refractivity contribution < 1.29 is 13.2 Å². The molecule has 2 atom stereocenters. The molecule has 7 heteroatoms. The van der Waals surface area contributed by atoms with Gasteiger partial charge < -0.3 is 4.90 Å². The minimum Gasteiger partial charge on any atom is -0.304 e. The van der Waals surface area contributed by atoms with Crippen LogP contribution in [0, 0.1) is 16.7 Å². The van der Waals surface area contributed by atoms with E-state index in [4.69, 9.17) is 5.41 Å². The van der Waals surface area contributed by atoms with E-state index in [1.54, 1.807) is 11.4 Å². The van der Waals surface area contributed by atoms with Gasteiger partial charge in [-0.15, -0.1) is 0 Å². The Morgan fingerprint density at radius 2 is 1.91 bits per heavy atom. The Morgan fingerprint density at radius 3 is 2.50 bits per heavy atom. The highest BCUT2D eigenvalue weighted by Crippen LogP contribution is 2.44. The molecule has 6 nitrogen and oxygen atoms in total. The SMILES string of the molecule is CN1C(=N)C[C@](C)(C2CCCN(S(=O)(=O)C3CC3)C2)CC1=O. The molecule has 2 aliphatic heterocycles. The molecule has 2 saturated heterocycles. The smallest absolute Gasteiger partial charge is 0.228 e. The van der Waals surface area contributed by atoms with Crippen molar-refractivity contribution in [1.82, 2.24) is 9.21 Å². The predicted molar refractivity (Wildman–Crippen MR) is 84.1 cm³/mol. The Labute approximate surface area is 132 Å². The maximum absolute atomic E-state index is 12.5. The molecule has 3 fully saturated rings. The van der Waals surface area contributed by atoms with E-state index in [1.165, 1.54) is 4.90 Å². The van der Waals surface area contributed by atoms with E-state index in [-0.39, 0.29) is 22.5 Å². The van der Waals surface area contributed by atoms with E-state index in [2.05, 4.69) is 0 Å². The lowest BCUT2D eigenvalue weighted by Crippen LogP contribution is -2.52. The Kier molecular flexibility index (Phi) is 3.84. The van der Waals surface area contributed by atoms with Gasteiger partial charge in [-0.2, -0.15) is 0 Å². The van der Waals surface area contributed by atoms with Gasteiger partial charge in [0, 0.05) is 33.0 Å². The van der Waals surface area contributed by atoms with Crippen LogP contribution in [-0.4, -0.2) is 54.8 Å². The summed E-state index contributed by atoms with van der Waals surface area (Å²) < 4.78 is 26.6. The molecule has 1 unspecified atom stereocenters. The third-order valence-electron chi connectivity index (χ3n) is 5.58. The van der Waals surface area contributed by atoms with Crippen molar-refractivity contribution in [3.05, 3.63) is 0 Å². The molecule has 1 saturated carbocycles. The maximum Gasteiger partial charge on any atom is 0.228 e. The summed E-state index contributed by atoms with van der Waals surface area (Å²) in [7, 11) is -1.49. The number of hydrogen-bond donors (Lipinski definition) is 1. The summed E-state index contributed by atoms with van der Waals surface area (Å²) in [5, 5.41) is 7.85. The number of piperidine rings is 2. The van der Waals surface area contributed by atoms with Crippen LogP contribution in [0.3, 0.4) is 0 Å². The molecule has 3 rings (SSSR count). The van der Waals surface area contributed by atoms with Crippen LogP contribution in [-0.2, 0) is 14.8 Å². The highest BCUT2D eigenvalue weighted by atomic mass is 32.2. The number of carbonyl (C=O) groups excluding carboxylic acids is 1. The molecule has 124 valence electrons. The average molecular weight is 327 g/mol. The predicted octanol–water partition coefficient (Wildman–Crippen LogP) is 1.43. The minimum atomic E-state index is -3.14. The van der Waals surface area contributed by atoms with Crippen molar-refractivity contribution in [2.45, 2.75) is 50.7 Å². The molecule has 3 aliphatic rings. The Bertz CT molecular complexity index is 579. The van der Waals surface area contributed by atoms with Crippen molar-refractivity contribution >= 4 is 21.8 Å². The quantitative estimate of drug-likeness (QED) is 0.851. The molecule has 1 amide bonds. The summed E-state index contributed by atoms with van der Waals surface area (Å²) in [6.45, 7) is 3.17. The fourth-order valence-corrected chi connectivity index (χ4v) is 5.71. The van der Waals surface area contributed by atoms with Gasteiger partial charge in [0.1, 0.15) is 5.84 Å². The number of hydrogen-bond acceptors (Lipinski definition) is 4. The van der Waals surface area contributed by atoms with Crippen LogP contribution in [0.25, 0.3) is 0 Å². The van der Waals surface area contributed by atoms with Gasteiger partial charge in [0.15, 0.2) is 0 Å². The summed E-state index contributed by atoms with van der Waals surface area (Å²) in [6, 6.07) is 0. The van der Waals surface area contributed by atoms with Gasteiger partial charge in [0.25, 0.3) is 0 Å². The van der Waals surface area contributed by atoms with Crippen LogP contribution in [0.2, 0.25) is 0 Å². The van der Waals surface area contributed by atoms with Crippen LogP contribution in [0.5, 0.6) is 0 Å². The molecular weight excluding hydrogens is 302 g/mol. The lowest BCUT2D eigenvalue weighted by atomic mass is 9.67. The average Bonchev–Trinajstić information content (AvgIpc) is 3.30. The zero-order valence-corrected chi connectivity index (χ0v) is 14.2. The molecule has 0 bridgehead atoms. The largest absolute Gasteiger partial charge is 0.304 e. The fraction of sp³-hybridized carbons (Fsp3) is 0.867. The van der Waals surface area contributed by atoms with Crippen molar-refractivity contribution in [2.75, 3.05) is 20.1 Å². The molecule has 1 N–H and O–H groups in total. The summed E-state index contributed by atoms with van der Waals surface area (Å²) in [5.74, 6) is 0.481. The van der Waals surface area contributed by atoms with E-state index in [0.717, 1.165) is 25.7 Å². The molecule has 0 radical (unpaired) electrons. The molecule has 2 heterocycles. The fourth-order valence-electron chi connectivity index (χ4n) is 3.79. The lowest BCUT2D eigenvalue weighted by molar-refractivity contribution is -0.131. The zero-order chi connectivity index (χ0) is 16.1. The molecule has 22 heavy (non-hydrogen) atoms. The van der Waals surface area contributed by atoms with Crippen LogP contribution in [0.1, 0.15) is 45.4 Å². The highest BCUT2D eigenvalue weighted by Gasteiger charge is 2.47. The summed E-state index contributed by atoms with van der Waals surface area (Å²) in [6.07, 6.45) is 4.33. The topological polar surface area (TPSA) is 81.5 Å². The maximum atomic E-state index is 12.5. The van der Waals surface area contributed by atoms with Crippen molar-refractivity contribution in [3.8, 4) is 0 Å². The molecule has 1 aliphatic carbocycles. The second-order valence-electron chi connectivity index (χ2n) is 7.35. The minimum absolute atomic E-state index is 0.0269. The first-order valence-electron chi connectivity index (χ1n) is 8.07. The molecule has 0 aromatic heterocycles. The molecular formula is C15H25N3O3S. The Balaban J connectivity index is 1.76. The van der Waals surface area contributed by atoms with Gasteiger partial charge in [0.05, 0.1) is 5.25 Å². The molecule has 0 aromatic rings. The number of nitrogens with one attached hydrogen (secondary N) is 1. The number of likely N-dealkylation sites (tertiary alicyclic amines) is 1. The van der Waals surface area contributed by atoms with Crippen LogP contribution < -0.4 is 0 Å². The highest BCUT2D eigenvalue weighted by molar-refractivity contribution is 7.90. The van der Waals surface area contributed by atoms with Gasteiger partial charge in [-0.05, 0) is 37.0 Å². The van der Waals surface area contributed by atoms with Crippen molar-refractivity contribution in [2.24, 2.45) is 11.3 Å². The van der Waals surface area contributed by atoms with Gasteiger partial charge >= 0.3 is 0 Å². The van der Waals surface area contributed by atoms with Gasteiger partial charge in [-0.25, -0.2) is 12.7 Å². The third kappa shape index (κ3) is 2.69. The first-order valence-corrected chi connectivity index (χ1v) is 9.57. The van der Waals surface area contributed by atoms with Gasteiger partial charge in [-0.3, -0.25) is 10.2 Å². The summed E-state index contributed by atoms with van der Waals surface area (Å²) in [5.41, 5.74) is -0.293. The Hall–Kier alpha value is -0.950. The molecule has 0 spiro atoms. The van der Waals surface area contributed by atoms with Gasteiger partial charge in [-0.1, -0.05) is 6.92 Å². The summed E-state index contributed by atoms with van der Waals surface area (Å²) in [4.78, 5) is 13.5. The van der Waals surface area contributed by atoms with E-state index >= 15 is 0 Å². The summed E-state index contributed by atoms with van der Waals surface area (Å²) >= 11 is 0. The number of sulfonamides is 1. The number of nitrogens with zero attached hydrogens (tertiary/aromatic N) is 2. The number of carbonyl (C=O) groups is 1.